The molecule has 0 aliphatic carbocycles. The fourth-order valence-electron chi connectivity index (χ4n) is 2.37. The highest BCUT2D eigenvalue weighted by molar-refractivity contribution is 7.99. The third-order valence-corrected chi connectivity index (χ3v) is 6.27. The lowest BCUT2D eigenvalue weighted by Gasteiger charge is -2.11. The van der Waals surface area contributed by atoms with Crippen molar-refractivity contribution in [1.29, 1.82) is 0 Å². The first kappa shape index (κ1) is 20.0. The van der Waals surface area contributed by atoms with E-state index in [1.807, 2.05) is 42.5 Å². The molecule has 0 bridgehead atoms. The summed E-state index contributed by atoms with van der Waals surface area (Å²) in [7, 11) is -4.69. The van der Waals surface area contributed by atoms with Crippen LogP contribution in [0.1, 0.15) is 10.4 Å². The lowest BCUT2D eigenvalue weighted by Crippen LogP contribution is -2.14. The number of nitrogens with one attached hydrogen (secondary N) is 1. The van der Waals surface area contributed by atoms with E-state index >= 15 is 0 Å². The number of hydrogen-bond acceptors (Lipinski definition) is 4. The molecule has 28 heavy (non-hydrogen) atoms. The van der Waals surface area contributed by atoms with Crippen LogP contribution in [-0.4, -0.2) is 20.1 Å². The van der Waals surface area contributed by atoms with Crippen LogP contribution >= 0.6 is 11.8 Å². The Morgan fingerprint density at radius 2 is 1.46 bits per heavy atom. The minimum atomic E-state index is -4.69. The Morgan fingerprint density at radius 1 is 0.857 bits per heavy atom. The first-order valence-electron chi connectivity index (χ1n) is 8.13. The molecule has 144 valence electrons. The van der Waals surface area contributed by atoms with Crippen LogP contribution in [0.25, 0.3) is 0 Å². The lowest BCUT2D eigenvalue weighted by molar-refractivity contribution is 0.102. The maximum atomic E-state index is 12.6. The van der Waals surface area contributed by atoms with Crippen LogP contribution in [0.5, 0.6) is 0 Å². The summed E-state index contributed by atoms with van der Waals surface area (Å²) in [6.45, 7) is 0. The van der Waals surface area contributed by atoms with Gasteiger partial charge in [0, 0.05) is 15.4 Å². The molecule has 1 amide bonds. The van der Waals surface area contributed by atoms with Gasteiger partial charge in [0.05, 0.1) is 10.6 Å². The fourth-order valence-corrected chi connectivity index (χ4v) is 4.01. The van der Waals surface area contributed by atoms with E-state index in [4.69, 9.17) is 0 Å². The molecule has 0 saturated heterocycles. The van der Waals surface area contributed by atoms with Gasteiger partial charge < -0.3 is 5.32 Å². The third-order valence-electron chi connectivity index (χ3n) is 3.79. The normalized spacial score (nSPS) is 11.4. The van der Waals surface area contributed by atoms with Crippen molar-refractivity contribution in [2.24, 2.45) is 0 Å². The summed E-state index contributed by atoms with van der Waals surface area (Å²) in [5.74, 6) is -3.98. The second-order valence-corrected chi connectivity index (χ2v) is 8.73. The number of anilines is 1. The first-order valence-corrected chi connectivity index (χ1v) is 10.5. The van der Waals surface area contributed by atoms with Gasteiger partial charge in [-0.15, -0.1) is 0 Å². The molecule has 0 saturated carbocycles. The van der Waals surface area contributed by atoms with Crippen LogP contribution in [-0.2, 0) is 9.84 Å². The molecule has 0 radical (unpaired) electrons. The van der Waals surface area contributed by atoms with Gasteiger partial charge in [0.1, 0.15) is 0 Å². The van der Waals surface area contributed by atoms with Crippen molar-refractivity contribution in [3.05, 3.63) is 84.4 Å². The summed E-state index contributed by atoms with van der Waals surface area (Å²) >= 11 is 1.48. The predicted molar refractivity (Wildman–Crippen MR) is 105 cm³/mol. The molecule has 0 aromatic heterocycles. The quantitative estimate of drug-likeness (QED) is 0.605. The van der Waals surface area contributed by atoms with Crippen molar-refractivity contribution in [3.8, 4) is 0 Å². The van der Waals surface area contributed by atoms with Crippen molar-refractivity contribution in [1.82, 2.24) is 0 Å². The number of carbonyl (C=O) groups excluding carboxylic acids is 1. The Hall–Kier alpha value is -2.71. The zero-order valence-electron chi connectivity index (χ0n) is 14.4. The number of alkyl halides is 2. The van der Waals surface area contributed by atoms with Gasteiger partial charge in [0.25, 0.3) is 5.91 Å². The highest BCUT2D eigenvalue weighted by Crippen LogP contribution is 2.33. The number of sulfone groups is 1. The van der Waals surface area contributed by atoms with E-state index in [1.165, 1.54) is 23.9 Å². The molecule has 1 N–H and O–H groups in total. The van der Waals surface area contributed by atoms with Gasteiger partial charge >= 0.3 is 5.76 Å². The molecule has 0 aliphatic heterocycles. The molecule has 4 nitrogen and oxygen atoms in total. The number of rotatable bonds is 6. The second kappa shape index (κ2) is 8.53. The number of hydrogen-bond donors (Lipinski definition) is 1. The molecule has 0 unspecified atom stereocenters. The highest BCUT2D eigenvalue weighted by atomic mass is 32.2. The van der Waals surface area contributed by atoms with Crippen molar-refractivity contribution < 1.29 is 22.0 Å². The van der Waals surface area contributed by atoms with Crippen LogP contribution in [0.15, 0.2) is 93.5 Å². The van der Waals surface area contributed by atoms with Crippen LogP contribution in [0.3, 0.4) is 0 Å². The molecule has 3 rings (SSSR count). The van der Waals surface area contributed by atoms with Gasteiger partial charge in [0.2, 0.25) is 9.84 Å². The summed E-state index contributed by atoms with van der Waals surface area (Å²) in [5, 5.41) is 2.77. The largest absolute Gasteiger partial charge is 0.341 e. The summed E-state index contributed by atoms with van der Waals surface area (Å²) < 4.78 is 48.1. The monoisotopic (exact) mass is 419 g/mol. The van der Waals surface area contributed by atoms with Gasteiger partial charge in [0.15, 0.2) is 0 Å². The fraction of sp³-hybridized carbons (Fsp3) is 0.0500. The second-order valence-electron chi connectivity index (χ2n) is 5.70. The zero-order valence-corrected chi connectivity index (χ0v) is 16.0. The third kappa shape index (κ3) is 4.58. The average Bonchev–Trinajstić information content (AvgIpc) is 2.70. The lowest BCUT2D eigenvalue weighted by atomic mass is 10.2. The van der Waals surface area contributed by atoms with Gasteiger partial charge in [-0.2, -0.15) is 8.78 Å². The van der Waals surface area contributed by atoms with Crippen LogP contribution in [0, 0.1) is 0 Å². The summed E-state index contributed by atoms with van der Waals surface area (Å²) in [6.07, 6.45) is 0. The predicted octanol–water partition coefficient (Wildman–Crippen LogP) is 5.09. The van der Waals surface area contributed by atoms with E-state index in [0.717, 1.165) is 21.9 Å². The van der Waals surface area contributed by atoms with Gasteiger partial charge in [-0.1, -0.05) is 42.1 Å². The number of carbonyl (C=O) groups is 1. The minimum absolute atomic E-state index is 0.160. The van der Waals surface area contributed by atoms with E-state index < -0.39 is 26.4 Å². The SMILES string of the molecule is O=C(Nc1ccccc1Sc1ccccc1)c1ccc(S(=O)(=O)C(F)F)cc1. The average molecular weight is 419 g/mol. The molecule has 3 aromatic carbocycles. The molecule has 0 aliphatic rings. The van der Waals surface area contributed by atoms with Crippen LogP contribution in [0.4, 0.5) is 14.5 Å². The van der Waals surface area contributed by atoms with E-state index in [9.17, 15) is 22.0 Å². The Bertz CT molecular complexity index is 1070. The smallest absolute Gasteiger partial charge is 0.321 e. The maximum Gasteiger partial charge on any atom is 0.341 e. The van der Waals surface area contributed by atoms with Crippen LogP contribution < -0.4 is 5.32 Å². The first-order chi connectivity index (χ1) is 13.4. The molecule has 0 heterocycles. The van der Waals surface area contributed by atoms with E-state index in [-0.39, 0.29) is 5.56 Å². The summed E-state index contributed by atoms with van der Waals surface area (Å²) in [5.41, 5.74) is 0.748. The standard InChI is InChI=1S/C20H15F2NO3S2/c21-20(22)28(25,26)16-12-10-14(11-13-16)19(24)23-17-8-4-5-9-18(17)27-15-6-2-1-3-7-15/h1-13,20H,(H,23,24). The van der Waals surface area contributed by atoms with Gasteiger partial charge in [-0.25, -0.2) is 8.42 Å². The molecular weight excluding hydrogens is 404 g/mol. The number of para-hydroxylation sites is 1. The van der Waals surface area contributed by atoms with Crippen molar-refractivity contribution in [2.75, 3.05) is 5.32 Å². The van der Waals surface area contributed by atoms with Crippen molar-refractivity contribution >= 4 is 33.2 Å². The molecule has 8 heteroatoms. The molecule has 0 spiro atoms. The van der Waals surface area contributed by atoms with Crippen molar-refractivity contribution in [3.63, 3.8) is 0 Å². The maximum absolute atomic E-state index is 12.6. The zero-order chi connectivity index (χ0) is 20.1. The van der Waals surface area contributed by atoms with E-state index in [2.05, 4.69) is 5.32 Å². The Kier molecular flexibility index (Phi) is 6.11. The highest BCUT2D eigenvalue weighted by Gasteiger charge is 2.26. The Morgan fingerprint density at radius 3 is 2.11 bits per heavy atom. The molecule has 3 aromatic rings. The number of halogens is 2. The Balaban J connectivity index is 1.79. The van der Waals surface area contributed by atoms with Gasteiger partial charge in [-0.05, 0) is 48.5 Å². The topological polar surface area (TPSA) is 63.2 Å². The van der Waals surface area contributed by atoms with E-state index in [0.29, 0.717) is 5.69 Å². The van der Waals surface area contributed by atoms with Gasteiger partial charge in [-0.3, -0.25) is 4.79 Å². The number of amides is 1. The molecular formula is C20H15F2NO3S2. The molecule has 0 atom stereocenters. The Labute approximate surface area is 165 Å². The summed E-state index contributed by atoms with van der Waals surface area (Å²) in [4.78, 5) is 13.8. The van der Waals surface area contributed by atoms with Crippen LogP contribution in [0.2, 0.25) is 0 Å². The van der Waals surface area contributed by atoms with E-state index in [1.54, 1.807) is 12.1 Å². The summed E-state index contributed by atoms with van der Waals surface area (Å²) in [6, 6.07) is 21.3. The minimum Gasteiger partial charge on any atom is -0.321 e. The molecule has 0 fully saturated rings. The van der Waals surface area contributed by atoms with Crippen molar-refractivity contribution in [2.45, 2.75) is 20.4 Å². The number of benzene rings is 3.